The van der Waals surface area contributed by atoms with Gasteiger partial charge in [-0.25, -0.2) is 9.97 Å². The van der Waals surface area contributed by atoms with Crippen molar-refractivity contribution in [2.75, 3.05) is 0 Å². The molecule has 0 aliphatic rings. The number of thioether (sulfide) groups is 1. The molecule has 0 unspecified atom stereocenters. The number of thiophene rings is 1. The lowest BCUT2D eigenvalue weighted by Crippen LogP contribution is -2.15. The molecule has 0 amide bonds. The number of hydrogen-bond donors (Lipinski definition) is 0. The molecule has 37 heavy (non-hydrogen) atoms. The average molecular weight is 536 g/mol. The molecule has 0 bridgehead atoms. The van der Waals surface area contributed by atoms with E-state index < -0.39 is 6.61 Å². The van der Waals surface area contributed by atoms with Crippen LogP contribution >= 0.6 is 23.1 Å². The maximum atomic E-state index is 13.5. The number of Topliss-reactive ketones (excluding diaryl/α,β-unsaturated/α-hetero) is 1. The van der Waals surface area contributed by atoms with Crippen LogP contribution in [-0.2, 0) is 0 Å². The van der Waals surface area contributed by atoms with E-state index in [1.165, 1.54) is 23.9 Å². The molecule has 3 aromatic heterocycles. The van der Waals surface area contributed by atoms with E-state index in [-0.39, 0.29) is 16.8 Å². The van der Waals surface area contributed by atoms with Crippen molar-refractivity contribution in [3.05, 3.63) is 90.0 Å². The molecule has 0 saturated heterocycles. The number of alkyl halides is 2. The summed E-state index contributed by atoms with van der Waals surface area (Å²) in [6, 6.07) is 20.4. The van der Waals surface area contributed by atoms with E-state index in [0.717, 1.165) is 42.8 Å². The molecule has 0 radical (unpaired) electrons. The first-order valence-corrected chi connectivity index (χ1v) is 13.3. The van der Waals surface area contributed by atoms with Crippen molar-refractivity contribution in [1.82, 2.24) is 14.5 Å². The Kier molecular flexibility index (Phi) is 7.08. The molecule has 5 nitrogen and oxygen atoms in total. The van der Waals surface area contributed by atoms with Crippen LogP contribution in [0, 0.1) is 13.8 Å². The number of ketones is 1. The van der Waals surface area contributed by atoms with E-state index in [1.807, 2.05) is 49.6 Å². The zero-order chi connectivity index (χ0) is 26.1. The van der Waals surface area contributed by atoms with E-state index in [1.54, 1.807) is 29.8 Å². The third-order valence-electron chi connectivity index (χ3n) is 6.03. The standard InChI is InChI=1S/C28H23F2N3O2S2/c1-16-13-22(17(2)33(16)20-9-11-21(12-10-20)35-28(29)30)25(34)18(3)36-26-23-14-24(19-7-5-4-6-8-19)37-27(23)32-15-31-26/h4-15,18,28H,1-3H3/t18-/m1/s1. The lowest BCUT2D eigenvalue weighted by atomic mass is 10.1. The quantitative estimate of drug-likeness (QED) is 0.116. The van der Waals surface area contributed by atoms with Gasteiger partial charge in [0.15, 0.2) is 5.78 Å². The van der Waals surface area contributed by atoms with Gasteiger partial charge in [0.05, 0.1) is 5.25 Å². The minimum Gasteiger partial charge on any atom is -0.435 e. The van der Waals surface area contributed by atoms with Gasteiger partial charge in [-0.3, -0.25) is 4.79 Å². The molecule has 0 saturated carbocycles. The highest BCUT2D eigenvalue weighted by molar-refractivity contribution is 8.00. The molecular weight excluding hydrogens is 512 g/mol. The highest BCUT2D eigenvalue weighted by atomic mass is 32.2. The first-order chi connectivity index (χ1) is 17.8. The van der Waals surface area contributed by atoms with Gasteiger partial charge in [0, 0.05) is 32.9 Å². The zero-order valence-electron chi connectivity index (χ0n) is 20.3. The number of nitrogens with zero attached hydrogens (tertiary/aromatic N) is 3. The van der Waals surface area contributed by atoms with E-state index in [4.69, 9.17) is 0 Å². The maximum absolute atomic E-state index is 13.5. The molecule has 0 N–H and O–H groups in total. The molecule has 5 aromatic rings. The Morgan fingerprint density at radius 2 is 1.76 bits per heavy atom. The van der Waals surface area contributed by atoms with Crippen LogP contribution in [0.5, 0.6) is 5.75 Å². The van der Waals surface area contributed by atoms with Gasteiger partial charge in [-0.1, -0.05) is 42.1 Å². The van der Waals surface area contributed by atoms with Crippen LogP contribution in [0.1, 0.15) is 28.7 Å². The predicted molar refractivity (Wildman–Crippen MR) is 144 cm³/mol. The highest BCUT2D eigenvalue weighted by Gasteiger charge is 2.24. The maximum Gasteiger partial charge on any atom is 0.387 e. The second kappa shape index (κ2) is 10.4. The third kappa shape index (κ3) is 5.14. The van der Waals surface area contributed by atoms with Gasteiger partial charge in [0.25, 0.3) is 0 Å². The molecule has 188 valence electrons. The van der Waals surface area contributed by atoms with Crippen LogP contribution in [-0.4, -0.2) is 32.2 Å². The summed E-state index contributed by atoms with van der Waals surface area (Å²) in [7, 11) is 0. The van der Waals surface area contributed by atoms with Crippen LogP contribution < -0.4 is 4.74 Å². The molecule has 2 aromatic carbocycles. The second-order valence-corrected chi connectivity index (χ2v) is 10.9. The molecule has 9 heteroatoms. The molecule has 5 rings (SSSR count). The van der Waals surface area contributed by atoms with Crippen molar-refractivity contribution in [2.24, 2.45) is 0 Å². The highest BCUT2D eigenvalue weighted by Crippen LogP contribution is 2.38. The van der Waals surface area contributed by atoms with Gasteiger partial charge in [-0.2, -0.15) is 8.78 Å². The minimum atomic E-state index is -2.88. The number of carbonyl (C=O) groups excluding carboxylic acids is 1. The number of ether oxygens (including phenoxy) is 1. The Morgan fingerprint density at radius 1 is 1.03 bits per heavy atom. The summed E-state index contributed by atoms with van der Waals surface area (Å²) in [4.78, 5) is 24.4. The Balaban J connectivity index is 1.39. The van der Waals surface area contributed by atoms with Gasteiger partial charge < -0.3 is 9.30 Å². The second-order valence-electron chi connectivity index (χ2n) is 8.49. The fraction of sp³-hybridized carbons (Fsp3) is 0.179. The van der Waals surface area contributed by atoms with Crippen molar-refractivity contribution in [3.63, 3.8) is 0 Å². The number of aryl methyl sites for hydroxylation is 1. The van der Waals surface area contributed by atoms with E-state index in [2.05, 4.69) is 32.9 Å². The first kappa shape index (κ1) is 25.1. The summed E-state index contributed by atoms with van der Waals surface area (Å²) in [6.07, 6.45) is 1.54. The van der Waals surface area contributed by atoms with Crippen molar-refractivity contribution >= 4 is 39.1 Å². The number of aromatic nitrogens is 3. The number of benzene rings is 2. The fourth-order valence-electron chi connectivity index (χ4n) is 4.30. The molecule has 0 aliphatic heterocycles. The van der Waals surface area contributed by atoms with Crippen molar-refractivity contribution in [2.45, 2.75) is 37.7 Å². The van der Waals surface area contributed by atoms with Crippen molar-refractivity contribution < 1.29 is 18.3 Å². The monoisotopic (exact) mass is 535 g/mol. The predicted octanol–water partition coefficient (Wildman–Crippen LogP) is 7.73. The van der Waals surface area contributed by atoms with Crippen LogP contribution in [0.2, 0.25) is 0 Å². The topological polar surface area (TPSA) is 57.0 Å². The lowest BCUT2D eigenvalue weighted by Gasteiger charge is -2.13. The number of hydrogen-bond acceptors (Lipinski definition) is 6. The Morgan fingerprint density at radius 3 is 2.46 bits per heavy atom. The van der Waals surface area contributed by atoms with Gasteiger partial charge >= 0.3 is 6.61 Å². The fourth-order valence-corrected chi connectivity index (χ4v) is 6.33. The van der Waals surface area contributed by atoms with Gasteiger partial charge in [0.1, 0.15) is 21.9 Å². The SMILES string of the molecule is Cc1cc(C(=O)[C@@H](C)Sc2ncnc3sc(-c4ccccc4)cc23)c(C)n1-c1ccc(OC(F)F)cc1. The van der Waals surface area contributed by atoms with E-state index in [0.29, 0.717) is 5.56 Å². The summed E-state index contributed by atoms with van der Waals surface area (Å²) in [5.41, 5.74) is 4.15. The first-order valence-electron chi connectivity index (χ1n) is 11.6. The number of rotatable bonds is 8. The largest absolute Gasteiger partial charge is 0.435 e. The van der Waals surface area contributed by atoms with Crippen LogP contribution in [0.25, 0.3) is 26.3 Å². The Labute approximate surface area is 221 Å². The van der Waals surface area contributed by atoms with Gasteiger partial charge in [-0.15, -0.1) is 11.3 Å². The molecular formula is C28H23F2N3O2S2. The number of fused-ring (bicyclic) bond motifs is 1. The normalized spacial score (nSPS) is 12.3. The number of halogens is 2. The minimum absolute atomic E-state index is 0.00715. The Hall–Kier alpha value is -3.56. The van der Waals surface area contributed by atoms with Crippen molar-refractivity contribution in [3.8, 4) is 21.9 Å². The van der Waals surface area contributed by atoms with Crippen LogP contribution in [0.3, 0.4) is 0 Å². The molecule has 0 aliphatic carbocycles. The third-order valence-corrected chi connectivity index (χ3v) is 8.23. The zero-order valence-corrected chi connectivity index (χ0v) is 21.9. The summed E-state index contributed by atoms with van der Waals surface area (Å²) >= 11 is 3.02. The number of carbonyl (C=O) groups is 1. The molecule has 0 spiro atoms. The summed E-state index contributed by atoms with van der Waals surface area (Å²) in [5, 5.41) is 1.33. The average Bonchev–Trinajstić information content (AvgIpc) is 3.46. The summed E-state index contributed by atoms with van der Waals surface area (Å²) < 4.78 is 31.4. The van der Waals surface area contributed by atoms with Gasteiger partial charge in [0.2, 0.25) is 0 Å². The summed E-state index contributed by atoms with van der Waals surface area (Å²) in [5.74, 6) is 0.0785. The lowest BCUT2D eigenvalue weighted by molar-refractivity contribution is -0.0498. The van der Waals surface area contributed by atoms with Gasteiger partial charge in [-0.05, 0) is 62.7 Å². The smallest absolute Gasteiger partial charge is 0.387 e. The van der Waals surface area contributed by atoms with E-state index in [9.17, 15) is 13.6 Å². The molecule has 1 atom stereocenters. The van der Waals surface area contributed by atoms with Crippen LogP contribution in [0.4, 0.5) is 8.78 Å². The van der Waals surface area contributed by atoms with Crippen molar-refractivity contribution in [1.29, 1.82) is 0 Å². The summed E-state index contributed by atoms with van der Waals surface area (Å²) in [6.45, 7) is 2.80. The Bertz CT molecular complexity index is 1560. The molecule has 0 fully saturated rings. The van der Waals surface area contributed by atoms with E-state index >= 15 is 0 Å². The molecule has 3 heterocycles. The van der Waals surface area contributed by atoms with Crippen LogP contribution in [0.15, 0.2) is 78.1 Å².